The SMILES string of the molecule is COc1cc(CC(=O)O)ccc1NC(=O)c1cc2ccccc2[nH]1. The number of aliphatic carboxylic acids is 1. The molecule has 1 amide bonds. The second kappa shape index (κ2) is 6.45. The summed E-state index contributed by atoms with van der Waals surface area (Å²) in [7, 11) is 1.47. The van der Waals surface area contributed by atoms with Gasteiger partial charge < -0.3 is 20.1 Å². The van der Waals surface area contributed by atoms with E-state index < -0.39 is 5.97 Å². The summed E-state index contributed by atoms with van der Waals surface area (Å²) in [4.78, 5) is 26.3. The first-order valence-corrected chi connectivity index (χ1v) is 7.34. The zero-order valence-corrected chi connectivity index (χ0v) is 13.0. The normalized spacial score (nSPS) is 10.5. The highest BCUT2D eigenvalue weighted by atomic mass is 16.5. The number of hydrogen-bond donors (Lipinski definition) is 3. The van der Waals surface area contributed by atoms with Crippen LogP contribution in [-0.4, -0.2) is 29.1 Å². The molecule has 3 aromatic rings. The number of carbonyl (C=O) groups excluding carboxylic acids is 1. The Labute approximate surface area is 138 Å². The topological polar surface area (TPSA) is 91.4 Å². The summed E-state index contributed by atoms with van der Waals surface area (Å²) in [5.41, 5.74) is 2.40. The number of benzene rings is 2. The molecule has 0 unspecified atom stereocenters. The Hall–Kier alpha value is -3.28. The second-order valence-electron chi connectivity index (χ2n) is 5.33. The highest BCUT2D eigenvalue weighted by Crippen LogP contribution is 2.26. The van der Waals surface area contributed by atoms with E-state index in [4.69, 9.17) is 9.84 Å². The summed E-state index contributed by atoms with van der Waals surface area (Å²) in [5.74, 6) is -0.805. The molecule has 0 aliphatic heterocycles. The van der Waals surface area contributed by atoms with Gasteiger partial charge in [-0.15, -0.1) is 0 Å². The van der Waals surface area contributed by atoms with Crippen molar-refractivity contribution in [1.29, 1.82) is 0 Å². The fourth-order valence-corrected chi connectivity index (χ4v) is 2.51. The maximum Gasteiger partial charge on any atom is 0.307 e. The summed E-state index contributed by atoms with van der Waals surface area (Å²) in [5, 5.41) is 12.6. The van der Waals surface area contributed by atoms with Gasteiger partial charge in [-0.2, -0.15) is 0 Å². The third-order valence-corrected chi connectivity index (χ3v) is 3.64. The molecule has 0 fully saturated rings. The lowest BCUT2D eigenvalue weighted by molar-refractivity contribution is -0.136. The van der Waals surface area contributed by atoms with E-state index in [0.29, 0.717) is 22.7 Å². The maximum absolute atomic E-state index is 12.4. The number of ether oxygens (including phenoxy) is 1. The lowest BCUT2D eigenvalue weighted by Gasteiger charge is -2.11. The van der Waals surface area contributed by atoms with E-state index in [1.807, 2.05) is 24.3 Å². The molecule has 6 heteroatoms. The van der Waals surface area contributed by atoms with Gasteiger partial charge in [-0.05, 0) is 29.8 Å². The van der Waals surface area contributed by atoms with E-state index >= 15 is 0 Å². The minimum absolute atomic E-state index is 0.105. The molecule has 3 rings (SSSR count). The fraction of sp³-hybridized carbons (Fsp3) is 0.111. The van der Waals surface area contributed by atoms with Crippen LogP contribution in [0.3, 0.4) is 0 Å². The summed E-state index contributed by atoms with van der Waals surface area (Å²) in [6, 6.07) is 14.3. The van der Waals surface area contributed by atoms with Gasteiger partial charge in [0, 0.05) is 10.9 Å². The molecular formula is C18H16N2O4. The summed E-state index contributed by atoms with van der Waals surface area (Å²) in [6.45, 7) is 0. The minimum Gasteiger partial charge on any atom is -0.495 e. The Morgan fingerprint density at radius 3 is 2.67 bits per heavy atom. The Morgan fingerprint density at radius 2 is 1.96 bits per heavy atom. The molecule has 0 radical (unpaired) electrons. The smallest absolute Gasteiger partial charge is 0.307 e. The van der Waals surface area contributed by atoms with Crippen LogP contribution in [-0.2, 0) is 11.2 Å². The highest BCUT2D eigenvalue weighted by molar-refractivity contribution is 6.06. The van der Waals surface area contributed by atoms with E-state index in [1.165, 1.54) is 7.11 Å². The van der Waals surface area contributed by atoms with Crippen molar-refractivity contribution in [3.05, 3.63) is 59.8 Å². The molecule has 0 aliphatic rings. The first kappa shape index (κ1) is 15.6. The molecule has 0 saturated heterocycles. The molecule has 2 aromatic carbocycles. The van der Waals surface area contributed by atoms with Crippen LogP contribution in [0.2, 0.25) is 0 Å². The second-order valence-corrected chi connectivity index (χ2v) is 5.33. The van der Waals surface area contributed by atoms with Crippen molar-refractivity contribution in [3.8, 4) is 5.75 Å². The summed E-state index contributed by atoms with van der Waals surface area (Å²) < 4.78 is 5.25. The number of carbonyl (C=O) groups is 2. The number of anilines is 1. The molecule has 0 bridgehead atoms. The number of H-pyrrole nitrogens is 1. The molecule has 0 spiro atoms. The number of carboxylic acids is 1. The summed E-state index contributed by atoms with van der Waals surface area (Å²) in [6.07, 6.45) is -0.105. The van der Waals surface area contributed by atoms with Gasteiger partial charge >= 0.3 is 5.97 Å². The first-order valence-electron chi connectivity index (χ1n) is 7.34. The quantitative estimate of drug-likeness (QED) is 0.672. The Morgan fingerprint density at radius 1 is 1.17 bits per heavy atom. The lowest BCUT2D eigenvalue weighted by Crippen LogP contribution is -2.13. The number of nitrogens with one attached hydrogen (secondary N) is 2. The van der Waals surface area contributed by atoms with Crippen molar-refractivity contribution in [1.82, 2.24) is 4.98 Å². The van der Waals surface area contributed by atoms with Crippen LogP contribution in [0.15, 0.2) is 48.5 Å². The van der Waals surface area contributed by atoms with Crippen molar-refractivity contribution in [2.75, 3.05) is 12.4 Å². The number of fused-ring (bicyclic) bond motifs is 1. The van der Waals surface area contributed by atoms with Crippen molar-refractivity contribution < 1.29 is 19.4 Å². The lowest BCUT2D eigenvalue weighted by atomic mass is 10.1. The van der Waals surface area contributed by atoms with Gasteiger partial charge in [0.2, 0.25) is 0 Å². The van der Waals surface area contributed by atoms with Crippen LogP contribution < -0.4 is 10.1 Å². The summed E-state index contributed by atoms with van der Waals surface area (Å²) >= 11 is 0. The predicted octanol–water partition coefficient (Wildman–Crippen LogP) is 3.06. The standard InChI is InChI=1S/C18H16N2O4/c1-24-16-8-11(9-17(21)22)6-7-14(16)20-18(23)15-10-12-4-2-3-5-13(12)19-15/h2-8,10,19H,9H2,1H3,(H,20,23)(H,21,22). The molecule has 6 nitrogen and oxygen atoms in total. The van der Waals surface area contributed by atoms with Crippen LogP contribution in [0.25, 0.3) is 10.9 Å². The number of aromatic amines is 1. The van der Waals surface area contributed by atoms with E-state index in [9.17, 15) is 9.59 Å². The van der Waals surface area contributed by atoms with Crippen molar-refractivity contribution in [3.63, 3.8) is 0 Å². The molecule has 24 heavy (non-hydrogen) atoms. The molecule has 0 aliphatic carbocycles. The average molecular weight is 324 g/mol. The third-order valence-electron chi connectivity index (χ3n) is 3.64. The Kier molecular flexibility index (Phi) is 4.20. The van der Waals surface area contributed by atoms with Gasteiger partial charge in [-0.25, -0.2) is 0 Å². The van der Waals surface area contributed by atoms with Crippen LogP contribution in [0.1, 0.15) is 16.1 Å². The van der Waals surface area contributed by atoms with Crippen LogP contribution in [0.4, 0.5) is 5.69 Å². The molecule has 1 heterocycles. The maximum atomic E-state index is 12.4. The number of carboxylic acid groups (broad SMARTS) is 1. The number of hydrogen-bond acceptors (Lipinski definition) is 3. The van der Waals surface area contributed by atoms with E-state index in [-0.39, 0.29) is 12.3 Å². The van der Waals surface area contributed by atoms with E-state index in [0.717, 1.165) is 10.9 Å². The van der Waals surface area contributed by atoms with E-state index in [1.54, 1.807) is 24.3 Å². The first-order chi connectivity index (χ1) is 11.6. The number of amides is 1. The van der Waals surface area contributed by atoms with Gasteiger partial charge in [0.05, 0.1) is 19.2 Å². The van der Waals surface area contributed by atoms with Crippen molar-refractivity contribution >= 4 is 28.5 Å². The minimum atomic E-state index is -0.924. The molecule has 0 saturated carbocycles. The number of aromatic nitrogens is 1. The van der Waals surface area contributed by atoms with Gasteiger partial charge in [-0.3, -0.25) is 9.59 Å². The van der Waals surface area contributed by atoms with Gasteiger partial charge in [0.1, 0.15) is 11.4 Å². The predicted molar refractivity (Wildman–Crippen MR) is 90.6 cm³/mol. The van der Waals surface area contributed by atoms with Crippen molar-refractivity contribution in [2.45, 2.75) is 6.42 Å². The van der Waals surface area contributed by atoms with Gasteiger partial charge in [-0.1, -0.05) is 24.3 Å². The highest BCUT2D eigenvalue weighted by Gasteiger charge is 2.13. The van der Waals surface area contributed by atoms with Crippen LogP contribution >= 0.6 is 0 Å². The van der Waals surface area contributed by atoms with E-state index in [2.05, 4.69) is 10.3 Å². The zero-order valence-electron chi connectivity index (χ0n) is 13.0. The van der Waals surface area contributed by atoms with Gasteiger partial charge in [0.25, 0.3) is 5.91 Å². The number of para-hydroxylation sites is 1. The third kappa shape index (κ3) is 3.22. The molecule has 122 valence electrons. The van der Waals surface area contributed by atoms with Crippen LogP contribution in [0, 0.1) is 0 Å². The van der Waals surface area contributed by atoms with Crippen LogP contribution in [0.5, 0.6) is 5.75 Å². The number of rotatable bonds is 5. The zero-order chi connectivity index (χ0) is 17.1. The molecule has 0 atom stereocenters. The van der Waals surface area contributed by atoms with Gasteiger partial charge in [0.15, 0.2) is 0 Å². The molecule has 3 N–H and O–H groups in total. The molecule has 1 aromatic heterocycles. The molecular weight excluding hydrogens is 308 g/mol. The largest absolute Gasteiger partial charge is 0.495 e. The average Bonchev–Trinajstić information content (AvgIpc) is 3.00. The fourth-order valence-electron chi connectivity index (χ4n) is 2.51. The monoisotopic (exact) mass is 324 g/mol. The Balaban J connectivity index is 1.84. The number of methoxy groups -OCH3 is 1. The Bertz CT molecular complexity index is 881. The van der Waals surface area contributed by atoms with Crippen molar-refractivity contribution in [2.24, 2.45) is 0 Å².